The van der Waals surface area contributed by atoms with Gasteiger partial charge in [-0.15, -0.1) is 0 Å². The minimum Gasteiger partial charge on any atom is -0.481 e. The number of hydrogen-bond acceptors (Lipinski definition) is 3. The maximum Gasteiger partial charge on any atom is 0.304 e. The number of nitrogens with zero attached hydrogens (tertiary/aromatic N) is 1. The molecule has 0 atom stereocenters. The molecular weight excluding hydrogens is 270 g/mol. The molecule has 7 heteroatoms. The third kappa shape index (κ3) is 6.24. The van der Waals surface area contributed by atoms with E-state index < -0.39 is 17.6 Å². The molecule has 0 aliphatic carbocycles. The molecule has 0 aromatic heterocycles. The van der Waals surface area contributed by atoms with Crippen LogP contribution in [0.5, 0.6) is 0 Å². The Kier molecular flexibility index (Phi) is 6.05. The quantitative estimate of drug-likeness (QED) is 0.784. The van der Waals surface area contributed by atoms with Crippen LogP contribution in [0, 0.1) is 11.6 Å². The average Bonchev–Trinajstić information content (AvgIpc) is 2.33. The van der Waals surface area contributed by atoms with Crippen molar-refractivity contribution in [3.05, 3.63) is 35.4 Å². The Labute approximate surface area is 115 Å². The number of carbonyl (C=O) groups excluding carboxylic acids is 1. The number of hydrogen-bond donors (Lipinski definition) is 2. The van der Waals surface area contributed by atoms with Crippen molar-refractivity contribution in [1.82, 2.24) is 10.2 Å². The molecule has 110 valence electrons. The molecule has 0 bridgehead atoms. The molecule has 0 fully saturated rings. The largest absolute Gasteiger partial charge is 0.481 e. The Balaban J connectivity index is 2.37. The van der Waals surface area contributed by atoms with Crippen LogP contribution in [0.15, 0.2) is 18.2 Å². The predicted octanol–water partition coefficient (Wildman–Crippen LogP) is 0.987. The topological polar surface area (TPSA) is 69.6 Å². The van der Waals surface area contributed by atoms with Crippen LogP contribution >= 0.6 is 0 Å². The molecule has 0 radical (unpaired) electrons. The number of likely N-dealkylation sites (N-methyl/N-ethyl adjacent to an activating group) is 1. The van der Waals surface area contributed by atoms with E-state index in [1.165, 1.54) is 0 Å². The molecule has 0 aliphatic rings. The highest BCUT2D eigenvalue weighted by molar-refractivity contribution is 5.78. The second-order valence-corrected chi connectivity index (χ2v) is 4.44. The van der Waals surface area contributed by atoms with Crippen molar-refractivity contribution < 1.29 is 23.5 Å². The van der Waals surface area contributed by atoms with Gasteiger partial charge < -0.3 is 10.4 Å². The van der Waals surface area contributed by atoms with Crippen LogP contribution in [0.4, 0.5) is 8.78 Å². The van der Waals surface area contributed by atoms with Crippen LogP contribution < -0.4 is 5.32 Å². The summed E-state index contributed by atoms with van der Waals surface area (Å²) in [6.45, 7) is 0.280. The number of nitrogens with one attached hydrogen (secondary N) is 1. The highest BCUT2D eigenvalue weighted by Gasteiger charge is 2.08. The van der Waals surface area contributed by atoms with Gasteiger partial charge in [-0.2, -0.15) is 0 Å². The van der Waals surface area contributed by atoms with Gasteiger partial charge in [-0.05, 0) is 24.7 Å². The Morgan fingerprint density at radius 2 is 1.85 bits per heavy atom. The summed E-state index contributed by atoms with van der Waals surface area (Å²) in [6.07, 6.45) is -0.0567. The van der Waals surface area contributed by atoms with Gasteiger partial charge >= 0.3 is 5.97 Å². The molecule has 0 heterocycles. The Bertz CT molecular complexity index is 474. The van der Waals surface area contributed by atoms with Crippen LogP contribution in [0.1, 0.15) is 12.0 Å². The molecule has 0 unspecified atom stereocenters. The fourth-order valence-corrected chi connectivity index (χ4v) is 1.58. The smallest absolute Gasteiger partial charge is 0.304 e. The molecule has 1 aromatic carbocycles. The van der Waals surface area contributed by atoms with Gasteiger partial charge in [0, 0.05) is 19.2 Å². The van der Waals surface area contributed by atoms with E-state index in [9.17, 15) is 18.4 Å². The molecule has 0 saturated carbocycles. The van der Waals surface area contributed by atoms with Crippen molar-refractivity contribution >= 4 is 11.9 Å². The van der Waals surface area contributed by atoms with Crippen molar-refractivity contribution in [2.24, 2.45) is 0 Å². The summed E-state index contributed by atoms with van der Waals surface area (Å²) in [4.78, 5) is 23.5. The summed E-state index contributed by atoms with van der Waals surface area (Å²) in [5.74, 6) is -2.68. The van der Waals surface area contributed by atoms with E-state index in [2.05, 4.69) is 5.32 Å². The minimum atomic E-state index is -0.938. The molecule has 5 nitrogen and oxygen atoms in total. The summed E-state index contributed by atoms with van der Waals surface area (Å²) >= 11 is 0. The van der Waals surface area contributed by atoms with Gasteiger partial charge in [0.25, 0.3) is 0 Å². The summed E-state index contributed by atoms with van der Waals surface area (Å²) < 4.78 is 25.8. The number of aliphatic carboxylic acids is 1. The van der Waals surface area contributed by atoms with E-state index in [4.69, 9.17) is 5.11 Å². The number of carboxylic acids is 1. The zero-order valence-electron chi connectivity index (χ0n) is 11.0. The summed E-state index contributed by atoms with van der Waals surface area (Å²) in [7, 11) is 1.62. The van der Waals surface area contributed by atoms with Crippen molar-refractivity contribution in [3.8, 4) is 0 Å². The van der Waals surface area contributed by atoms with E-state index in [1.54, 1.807) is 11.9 Å². The zero-order chi connectivity index (χ0) is 15.1. The molecule has 1 aromatic rings. The van der Waals surface area contributed by atoms with Gasteiger partial charge in [0.15, 0.2) is 0 Å². The first-order valence-corrected chi connectivity index (χ1v) is 5.99. The third-order valence-corrected chi connectivity index (χ3v) is 2.53. The van der Waals surface area contributed by atoms with Crippen LogP contribution in [-0.2, 0) is 16.1 Å². The van der Waals surface area contributed by atoms with E-state index in [0.29, 0.717) is 5.56 Å². The molecule has 1 rings (SSSR count). The third-order valence-electron chi connectivity index (χ3n) is 2.53. The van der Waals surface area contributed by atoms with Gasteiger partial charge in [-0.3, -0.25) is 14.5 Å². The SMILES string of the molecule is CN(CCC(=O)O)CC(=O)NCc1cc(F)cc(F)c1. The first kappa shape index (κ1) is 16.0. The normalized spacial score (nSPS) is 10.6. The fraction of sp³-hybridized carbons (Fsp3) is 0.385. The maximum absolute atomic E-state index is 12.9. The van der Waals surface area contributed by atoms with E-state index >= 15 is 0 Å². The summed E-state index contributed by atoms with van der Waals surface area (Å²) in [6, 6.07) is 3.03. The molecule has 1 amide bonds. The standard InChI is InChI=1S/C13H16F2N2O3/c1-17(3-2-13(19)20)8-12(18)16-7-9-4-10(14)6-11(15)5-9/h4-6H,2-3,7-8H2,1H3,(H,16,18)(H,19,20). The van der Waals surface area contributed by atoms with E-state index in [0.717, 1.165) is 18.2 Å². The lowest BCUT2D eigenvalue weighted by Gasteiger charge is -2.15. The van der Waals surface area contributed by atoms with Crippen molar-refractivity contribution in [2.75, 3.05) is 20.1 Å². The average molecular weight is 286 g/mol. The highest BCUT2D eigenvalue weighted by Crippen LogP contribution is 2.07. The lowest BCUT2D eigenvalue weighted by atomic mass is 10.2. The number of halogens is 2. The number of rotatable bonds is 7. The van der Waals surface area contributed by atoms with Crippen LogP contribution in [0.2, 0.25) is 0 Å². The molecule has 0 saturated heterocycles. The Morgan fingerprint density at radius 1 is 1.25 bits per heavy atom. The maximum atomic E-state index is 12.9. The lowest BCUT2D eigenvalue weighted by molar-refractivity contribution is -0.137. The molecule has 2 N–H and O–H groups in total. The molecular formula is C13H16F2N2O3. The second-order valence-electron chi connectivity index (χ2n) is 4.44. The highest BCUT2D eigenvalue weighted by atomic mass is 19.1. The summed E-state index contributed by atoms with van der Waals surface area (Å²) in [5.41, 5.74) is 0.323. The van der Waals surface area contributed by atoms with Crippen molar-refractivity contribution in [2.45, 2.75) is 13.0 Å². The van der Waals surface area contributed by atoms with Gasteiger partial charge in [0.2, 0.25) is 5.91 Å². The van der Waals surface area contributed by atoms with E-state index in [1.807, 2.05) is 0 Å². The van der Waals surface area contributed by atoms with Gasteiger partial charge in [0.1, 0.15) is 11.6 Å². The van der Waals surface area contributed by atoms with Crippen LogP contribution in [0.25, 0.3) is 0 Å². The lowest BCUT2D eigenvalue weighted by Crippen LogP contribution is -2.35. The zero-order valence-corrected chi connectivity index (χ0v) is 11.0. The minimum absolute atomic E-state index is 0.0142. The summed E-state index contributed by atoms with van der Waals surface area (Å²) in [5, 5.41) is 11.0. The molecule has 0 aliphatic heterocycles. The van der Waals surface area contributed by atoms with Gasteiger partial charge in [-0.1, -0.05) is 0 Å². The first-order chi connectivity index (χ1) is 9.36. The molecule has 20 heavy (non-hydrogen) atoms. The fourth-order valence-electron chi connectivity index (χ4n) is 1.58. The van der Waals surface area contributed by atoms with Crippen LogP contribution in [0.3, 0.4) is 0 Å². The molecule has 0 spiro atoms. The predicted molar refractivity (Wildman–Crippen MR) is 68.0 cm³/mol. The Morgan fingerprint density at radius 3 is 2.40 bits per heavy atom. The van der Waals surface area contributed by atoms with Crippen molar-refractivity contribution in [1.29, 1.82) is 0 Å². The number of amides is 1. The number of carbonyl (C=O) groups is 2. The monoisotopic (exact) mass is 286 g/mol. The first-order valence-electron chi connectivity index (χ1n) is 5.99. The number of carboxylic acid groups (broad SMARTS) is 1. The Hall–Kier alpha value is -2.02. The second kappa shape index (κ2) is 7.54. The van der Waals surface area contributed by atoms with Gasteiger partial charge in [0.05, 0.1) is 13.0 Å². The number of benzene rings is 1. The van der Waals surface area contributed by atoms with Crippen LogP contribution in [-0.4, -0.2) is 42.0 Å². The van der Waals surface area contributed by atoms with Gasteiger partial charge in [-0.25, -0.2) is 8.78 Å². The van der Waals surface area contributed by atoms with Crippen molar-refractivity contribution in [3.63, 3.8) is 0 Å². The van der Waals surface area contributed by atoms with E-state index in [-0.39, 0.29) is 32.0 Å².